The highest BCUT2D eigenvalue weighted by atomic mass is 19.4. The quantitative estimate of drug-likeness (QED) is 0.781. The van der Waals surface area contributed by atoms with Gasteiger partial charge in [0.25, 0.3) is 0 Å². The minimum atomic E-state index is -5.07. The van der Waals surface area contributed by atoms with Gasteiger partial charge < -0.3 is 15.3 Å². The molecule has 1 aliphatic carbocycles. The third-order valence-electron chi connectivity index (χ3n) is 4.44. The number of fused-ring (bicyclic) bond motifs is 1. The molecule has 2 aliphatic rings. The summed E-state index contributed by atoms with van der Waals surface area (Å²) in [6, 6.07) is -1.04. The smallest absolute Gasteiger partial charge is 0.471 e. The van der Waals surface area contributed by atoms with Gasteiger partial charge in [0.15, 0.2) is 0 Å². The third-order valence-corrected chi connectivity index (χ3v) is 4.44. The van der Waals surface area contributed by atoms with Crippen LogP contribution in [0.1, 0.15) is 13.8 Å². The highest BCUT2D eigenvalue weighted by molar-refractivity contribution is 5.90. The van der Waals surface area contributed by atoms with Crippen molar-refractivity contribution in [3.63, 3.8) is 0 Å². The number of rotatable bonds is 3. The molecule has 0 aromatic carbocycles. The first kappa shape index (κ1) is 15.6. The zero-order valence-electron chi connectivity index (χ0n) is 11.4. The fourth-order valence-corrected chi connectivity index (χ4v) is 3.18. The van der Waals surface area contributed by atoms with E-state index in [1.54, 1.807) is 0 Å². The number of likely N-dealkylation sites (tertiary alicyclic amines) is 1. The maximum absolute atomic E-state index is 12.0. The van der Waals surface area contributed by atoms with Crippen molar-refractivity contribution in [2.75, 3.05) is 13.1 Å². The molecule has 1 saturated heterocycles. The van der Waals surface area contributed by atoms with Crippen molar-refractivity contribution in [2.24, 2.45) is 17.3 Å². The highest BCUT2D eigenvalue weighted by Gasteiger charge is 2.69. The number of aliphatic carboxylic acids is 1. The van der Waals surface area contributed by atoms with Gasteiger partial charge in [0, 0.05) is 12.5 Å². The van der Waals surface area contributed by atoms with Gasteiger partial charge in [-0.2, -0.15) is 13.2 Å². The van der Waals surface area contributed by atoms with Crippen molar-refractivity contribution in [2.45, 2.75) is 26.1 Å². The van der Waals surface area contributed by atoms with Crippen LogP contribution in [0.5, 0.6) is 0 Å². The fourth-order valence-electron chi connectivity index (χ4n) is 3.18. The molecule has 1 aliphatic heterocycles. The molecule has 0 radical (unpaired) electrons. The Kier molecular flexibility index (Phi) is 3.42. The lowest BCUT2D eigenvalue weighted by atomic mass is 10.0. The van der Waals surface area contributed by atoms with E-state index < -0.39 is 36.5 Å². The normalized spacial score (nSPS) is 29.8. The van der Waals surface area contributed by atoms with E-state index in [1.165, 1.54) is 5.32 Å². The molecule has 1 heterocycles. The minimum Gasteiger partial charge on any atom is -0.480 e. The third kappa shape index (κ3) is 2.56. The van der Waals surface area contributed by atoms with E-state index in [1.807, 2.05) is 13.8 Å². The average molecular weight is 308 g/mol. The van der Waals surface area contributed by atoms with Crippen LogP contribution < -0.4 is 5.32 Å². The SMILES string of the molecule is CC1(C)[C@@H]2[C@@H](C(=O)O)N(C(=O)CNC(=O)C(F)(F)F)C[C@@H]21. The summed E-state index contributed by atoms with van der Waals surface area (Å²) in [5, 5.41) is 10.7. The number of carboxylic acids is 1. The first-order valence-corrected chi connectivity index (χ1v) is 6.35. The number of hydrogen-bond donors (Lipinski definition) is 2. The van der Waals surface area contributed by atoms with Gasteiger partial charge in [0.05, 0.1) is 6.54 Å². The van der Waals surface area contributed by atoms with Crippen LogP contribution in [-0.2, 0) is 14.4 Å². The number of alkyl halides is 3. The molecule has 0 unspecified atom stereocenters. The van der Waals surface area contributed by atoms with Gasteiger partial charge in [-0.15, -0.1) is 0 Å². The molecule has 118 valence electrons. The summed E-state index contributed by atoms with van der Waals surface area (Å²) < 4.78 is 36.1. The van der Waals surface area contributed by atoms with Crippen LogP contribution in [0.25, 0.3) is 0 Å². The summed E-state index contributed by atoms with van der Waals surface area (Å²) in [6.45, 7) is 3.12. The summed E-state index contributed by atoms with van der Waals surface area (Å²) in [6.07, 6.45) is -5.07. The van der Waals surface area contributed by atoms with Gasteiger partial charge in [0.1, 0.15) is 6.04 Å². The van der Waals surface area contributed by atoms with Crippen molar-refractivity contribution in [1.82, 2.24) is 10.2 Å². The van der Waals surface area contributed by atoms with Gasteiger partial charge in [-0.25, -0.2) is 4.79 Å². The predicted octanol–water partition coefficient (Wildman–Crippen LogP) is 0.232. The molecule has 2 fully saturated rings. The van der Waals surface area contributed by atoms with E-state index in [4.69, 9.17) is 0 Å². The van der Waals surface area contributed by atoms with E-state index in [9.17, 15) is 32.7 Å². The average Bonchev–Trinajstić information content (AvgIpc) is 2.76. The second-order valence-electron chi connectivity index (χ2n) is 5.96. The van der Waals surface area contributed by atoms with Gasteiger partial charge in [-0.05, 0) is 11.3 Å². The van der Waals surface area contributed by atoms with Crippen molar-refractivity contribution in [1.29, 1.82) is 0 Å². The van der Waals surface area contributed by atoms with Gasteiger partial charge >= 0.3 is 18.1 Å². The molecule has 3 atom stereocenters. The van der Waals surface area contributed by atoms with Crippen molar-refractivity contribution in [3.8, 4) is 0 Å². The Bertz CT molecular complexity index is 503. The number of carbonyl (C=O) groups excluding carboxylic acids is 2. The van der Waals surface area contributed by atoms with Gasteiger partial charge in [-0.3, -0.25) is 9.59 Å². The maximum atomic E-state index is 12.0. The van der Waals surface area contributed by atoms with Crippen LogP contribution in [0.2, 0.25) is 0 Å². The van der Waals surface area contributed by atoms with Crippen LogP contribution in [0.4, 0.5) is 13.2 Å². The Labute approximate surface area is 118 Å². The van der Waals surface area contributed by atoms with Crippen LogP contribution >= 0.6 is 0 Å². The number of halogens is 3. The molecule has 1 saturated carbocycles. The number of carboxylic acid groups (broad SMARTS) is 1. The number of nitrogens with zero attached hydrogens (tertiary/aromatic N) is 1. The molecule has 0 aromatic heterocycles. The molecular weight excluding hydrogens is 293 g/mol. The number of nitrogens with one attached hydrogen (secondary N) is 1. The first-order valence-electron chi connectivity index (χ1n) is 6.35. The Hall–Kier alpha value is -1.80. The number of hydrogen-bond acceptors (Lipinski definition) is 3. The molecule has 21 heavy (non-hydrogen) atoms. The first-order chi connectivity index (χ1) is 9.48. The summed E-state index contributed by atoms with van der Waals surface area (Å²) in [5.41, 5.74) is -0.185. The second kappa shape index (κ2) is 4.60. The highest BCUT2D eigenvalue weighted by Crippen LogP contribution is 2.64. The topological polar surface area (TPSA) is 86.7 Å². The van der Waals surface area contributed by atoms with E-state index in [0.717, 1.165) is 4.90 Å². The molecule has 2 rings (SSSR count). The molecule has 0 aromatic rings. The zero-order valence-corrected chi connectivity index (χ0v) is 11.4. The molecule has 2 amide bonds. The van der Waals surface area contributed by atoms with Crippen LogP contribution in [0.3, 0.4) is 0 Å². The van der Waals surface area contributed by atoms with Crippen LogP contribution in [0.15, 0.2) is 0 Å². The Morgan fingerprint density at radius 2 is 1.90 bits per heavy atom. The number of amides is 2. The largest absolute Gasteiger partial charge is 0.480 e. The van der Waals surface area contributed by atoms with Crippen LogP contribution in [-0.4, -0.2) is 53.1 Å². The van der Waals surface area contributed by atoms with E-state index >= 15 is 0 Å². The summed E-state index contributed by atoms with van der Waals surface area (Å²) in [5.74, 6) is -4.38. The Balaban J connectivity index is 1.98. The molecule has 2 N–H and O–H groups in total. The molecule has 0 bridgehead atoms. The zero-order chi connectivity index (χ0) is 16.2. The molecule has 6 nitrogen and oxygen atoms in total. The van der Waals surface area contributed by atoms with Crippen LogP contribution in [0, 0.1) is 17.3 Å². The van der Waals surface area contributed by atoms with Gasteiger partial charge in [0.2, 0.25) is 5.91 Å². The Morgan fingerprint density at radius 3 is 2.38 bits per heavy atom. The van der Waals surface area contributed by atoms with Crippen molar-refractivity contribution in [3.05, 3.63) is 0 Å². The Morgan fingerprint density at radius 1 is 1.33 bits per heavy atom. The number of carbonyl (C=O) groups is 3. The van der Waals surface area contributed by atoms with E-state index in [0.29, 0.717) is 0 Å². The summed E-state index contributed by atoms with van der Waals surface area (Å²) in [7, 11) is 0. The van der Waals surface area contributed by atoms with Gasteiger partial charge in [-0.1, -0.05) is 13.8 Å². The van der Waals surface area contributed by atoms with Crippen molar-refractivity contribution >= 4 is 17.8 Å². The maximum Gasteiger partial charge on any atom is 0.471 e. The molecular formula is C12H15F3N2O4. The lowest BCUT2D eigenvalue weighted by Crippen LogP contribution is -2.50. The van der Waals surface area contributed by atoms with E-state index in [2.05, 4.69) is 0 Å². The lowest BCUT2D eigenvalue weighted by Gasteiger charge is -2.28. The van der Waals surface area contributed by atoms with Crippen molar-refractivity contribution < 1.29 is 32.7 Å². The summed E-state index contributed by atoms with van der Waals surface area (Å²) >= 11 is 0. The fraction of sp³-hybridized carbons (Fsp3) is 0.750. The monoisotopic (exact) mass is 308 g/mol. The molecule has 9 heteroatoms. The molecule has 0 spiro atoms. The standard InChI is InChI=1S/C12H15F3N2O4/c1-11(2)5-4-17(8(7(5)11)9(19)20)6(18)3-16-10(21)12(13,14)15/h5,7-8H,3-4H2,1-2H3,(H,16,21)(H,19,20)/t5-,7-,8-/m0/s1. The number of piperidine rings is 1. The second-order valence-corrected chi connectivity index (χ2v) is 5.96. The summed E-state index contributed by atoms with van der Waals surface area (Å²) in [4.78, 5) is 34.8. The predicted molar refractivity (Wildman–Crippen MR) is 63.0 cm³/mol. The van der Waals surface area contributed by atoms with E-state index in [-0.39, 0.29) is 23.8 Å². The minimum absolute atomic E-state index is 0.0286. The lowest BCUT2D eigenvalue weighted by molar-refractivity contribution is -0.174.